The molecule has 1 N–H and O–H groups in total. The summed E-state index contributed by atoms with van der Waals surface area (Å²) in [6.07, 6.45) is 2.88. The molecule has 3 rings (SSSR count). The van der Waals surface area contributed by atoms with Crippen molar-refractivity contribution in [1.82, 2.24) is 19.4 Å². The topological polar surface area (TPSA) is 67.2 Å². The zero-order valence-electron chi connectivity index (χ0n) is 12.8. The number of aromatic nitrogens is 2. The first-order valence-electron chi connectivity index (χ1n) is 7.34. The van der Waals surface area contributed by atoms with Crippen LogP contribution in [-0.4, -0.2) is 42.4 Å². The van der Waals surface area contributed by atoms with Crippen LogP contribution in [0.5, 0.6) is 0 Å². The number of hydrogen-bond donors (Lipinski definition) is 1. The van der Waals surface area contributed by atoms with Crippen LogP contribution in [0.2, 0.25) is 0 Å². The van der Waals surface area contributed by atoms with Gasteiger partial charge in [-0.05, 0) is 23.8 Å². The Morgan fingerprint density at radius 2 is 2.04 bits per heavy atom. The van der Waals surface area contributed by atoms with E-state index < -0.39 is 10.0 Å². The molecule has 2 heterocycles. The number of nitrogens with zero attached hydrogens (tertiary/aromatic N) is 3. The number of benzene rings is 1. The van der Waals surface area contributed by atoms with Gasteiger partial charge in [-0.3, -0.25) is 9.58 Å². The molecule has 2 aromatic rings. The maximum absolute atomic E-state index is 13.0. The molecule has 0 spiro atoms. The summed E-state index contributed by atoms with van der Waals surface area (Å²) >= 11 is 0. The highest BCUT2D eigenvalue weighted by atomic mass is 32.2. The van der Waals surface area contributed by atoms with Crippen LogP contribution in [0.1, 0.15) is 17.3 Å². The molecule has 0 bridgehead atoms. The van der Waals surface area contributed by atoms with Crippen molar-refractivity contribution in [1.29, 1.82) is 0 Å². The van der Waals surface area contributed by atoms with Crippen molar-refractivity contribution < 1.29 is 12.8 Å². The molecular formula is C15H19FN4O2S. The summed E-state index contributed by atoms with van der Waals surface area (Å²) in [5.74, 6) is -0.249. The number of sulfonamides is 1. The van der Waals surface area contributed by atoms with Crippen molar-refractivity contribution in [2.24, 2.45) is 0 Å². The quantitative estimate of drug-likeness (QED) is 0.887. The Morgan fingerprint density at radius 1 is 1.30 bits per heavy atom. The molecule has 0 unspecified atom stereocenters. The van der Waals surface area contributed by atoms with Gasteiger partial charge in [0.15, 0.2) is 0 Å². The maximum atomic E-state index is 13.0. The molecule has 124 valence electrons. The Bertz CT molecular complexity index is 773. The number of hydrogen-bond acceptors (Lipinski definition) is 4. The van der Waals surface area contributed by atoms with Crippen LogP contribution in [0.4, 0.5) is 4.39 Å². The molecule has 1 aliphatic rings. The highest BCUT2D eigenvalue weighted by molar-refractivity contribution is 7.88. The zero-order valence-corrected chi connectivity index (χ0v) is 13.6. The first-order chi connectivity index (χ1) is 10.9. The minimum atomic E-state index is -3.24. The number of nitrogens with one attached hydrogen (secondary N) is 1. The van der Waals surface area contributed by atoms with Gasteiger partial charge in [0.2, 0.25) is 10.0 Å². The smallest absolute Gasteiger partial charge is 0.208 e. The Hall–Kier alpha value is -1.77. The second-order valence-corrected chi connectivity index (χ2v) is 7.67. The minimum absolute atomic E-state index is 0.0658. The van der Waals surface area contributed by atoms with E-state index in [9.17, 15) is 12.8 Å². The fourth-order valence-corrected chi connectivity index (χ4v) is 3.33. The molecule has 6 nitrogen and oxygen atoms in total. The molecule has 0 saturated carbocycles. The van der Waals surface area contributed by atoms with Crippen LogP contribution in [0, 0.1) is 5.82 Å². The van der Waals surface area contributed by atoms with E-state index in [0.717, 1.165) is 24.1 Å². The van der Waals surface area contributed by atoms with Crippen molar-refractivity contribution in [2.45, 2.75) is 19.1 Å². The SMILES string of the molecule is CS(=O)(=O)NC[C@H]1CN(Cc2ccc(F)cc2)Cc2ccnn21. The van der Waals surface area contributed by atoms with Crippen LogP contribution in [0.15, 0.2) is 36.5 Å². The summed E-state index contributed by atoms with van der Waals surface area (Å²) in [4.78, 5) is 2.21. The highest BCUT2D eigenvalue weighted by Crippen LogP contribution is 2.21. The van der Waals surface area contributed by atoms with E-state index in [-0.39, 0.29) is 11.9 Å². The van der Waals surface area contributed by atoms with Crippen LogP contribution >= 0.6 is 0 Å². The third-order valence-electron chi connectivity index (χ3n) is 3.85. The Balaban J connectivity index is 1.73. The van der Waals surface area contributed by atoms with Crippen LogP contribution in [-0.2, 0) is 23.1 Å². The van der Waals surface area contributed by atoms with E-state index in [0.29, 0.717) is 19.6 Å². The van der Waals surface area contributed by atoms with Gasteiger partial charge in [-0.2, -0.15) is 5.10 Å². The second kappa shape index (κ2) is 6.38. The van der Waals surface area contributed by atoms with Crippen LogP contribution in [0.3, 0.4) is 0 Å². The molecule has 0 amide bonds. The molecule has 0 radical (unpaired) electrons. The summed E-state index contributed by atoms with van der Waals surface area (Å²) in [6, 6.07) is 8.31. The number of rotatable bonds is 5. The van der Waals surface area contributed by atoms with Crippen molar-refractivity contribution in [3.8, 4) is 0 Å². The van der Waals surface area contributed by atoms with Gasteiger partial charge in [-0.1, -0.05) is 12.1 Å². The third-order valence-corrected chi connectivity index (χ3v) is 4.54. The molecule has 0 saturated heterocycles. The fourth-order valence-electron chi connectivity index (χ4n) is 2.83. The molecule has 23 heavy (non-hydrogen) atoms. The normalized spacial score (nSPS) is 18.8. The lowest BCUT2D eigenvalue weighted by Crippen LogP contribution is -2.42. The van der Waals surface area contributed by atoms with Gasteiger partial charge in [-0.15, -0.1) is 0 Å². The molecule has 1 aliphatic heterocycles. The molecule has 8 heteroatoms. The molecule has 0 fully saturated rings. The Morgan fingerprint density at radius 3 is 2.74 bits per heavy atom. The first kappa shape index (κ1) is 16.1. The van der Waals surface area contributed by atoms with E-state index in [2.05, 4.69) is 14.7 Å². The van der Waals surface area contributed by atoms with Crippen molar-refractivity contribution in [2.75, 3.05) is 19.3 Å². The van der Waals surface area contributed by atoms with Gasteiger partial charge in [0.1, 0.15) is 5.82 Å². The number of fused-ring (bicyclic) bond motifs is 1. The first-order valence-corrected chi connectivity index (χ1v) is 9.24. The average Bonchev–Trinajstić information content (AvgIpc) is 2.95. The lowest BCUT2D eigenvalue weighted by Gasteiger charge is -2.34. The van der Waals surface area contributed by atoms with Crippen molar-refractivity contribution in [3.63, 3.8) is 0 Å². The van der Waals surface area contributed by atoms with Gasteiger partial charge >= 0.3 is 0 Å². The molecular weight excluding hydrogens is 319 g/mol. The molecule has 1 aromatic carbocycles. The van der Waals surface area contributed by atoms with E-state index in [1.54, 1.807) is 18.3 Å². The zero-order chi connectivity index (χ0) is 16.4. The van der Waals surface area contributed by atoms with Crippen molar-refractivity contribution in [3.05, 3.63) is 53.6 Å². The monoisotopic (exact) mass is 338 g/mol. The lowest BCUT2D eigenvalue weighted by molar-refractivity contribution is 0.168. The predicted octanol–water partition coefficient (Wildman–Crippen LogP) is 1.13. The molecule has 1 aromatic heterocycles. The standard InChI is InChI=1S/C15H19FN4O2S/c1-23(21,22)18-8-15-11-19(10-14-6-7-17-20(14)15)9-12-2-4-13(16)5-3-12/h2-7,15,18H,8-11H2,1H3/t15-/m0/s1. The van der Waals surface area contributed by atoms with Gasteiger partial charge in [0.05, 0.1) is 18.0 Å². The third kappa shape index (κ3) is 4.15. The Labute approximate surface area is 135 Å². The lowest BCUT2D eigenvalue weighted by atomic mass is 10.1. The van der Waals surface area contributed by atoms with Gasteiger partial charge in [-0.25, -0.2) is 17.5 Å². The molecule has 1 atom stereocenters. The maximum Gasteiger partial charge on any atom is 0.208 e. The second-order valence-electron chi connectivity index (χ2n) is 5.84. The summed E-state index contributed by atoms with van der Waals surface area (Å²) in [5, 5.41) is 4.30. The fraction of sp³-hybridized carbons (Fsp3) is 0.400. The van der Waals surface area contributed by atoms with E-state index in [4.69, 9.17) is 0 Å². The average molecular weight is 338 g/mol. The minimum Gasteiger partial charge on any atom is -0.291 e. The van der Waals surface area contributed by atoms with Gasteiger partial charge in [0.25, 0.3) is 0 Å². The van der Waals surface area contributed by atoms with Gasteiger partial charge in [0, 0.05) is 32.4 Å². The predicted molar refractivity (Wildman–Crippen MR) is 84.6 cm³/mol. The summed E-state index contributed by atoms with van der Waals surface area (Å²) in [6.45, 7) is 2.38. The highest BCUT2D eigenvalue weighted by Gasteiger charge is 2.26. The van der Waals surface area contributed by atoms with E-state index in [1.807, 2.05) is 10.7 Å². The summed E-state index contributed by atoms with van der Waals surface area (Å²) in [7, 11) is -3.24. The van der Waals surface area contributed by atoms with Crippen molar-refractivity contribution >= 4 is 10.0 Å². The van der Waals surface area contributed by atoms with E-state index >= 15 is 0 Å². The van der Waals surface area contributed by atoms with Crippen LogP contribution in [0.25, 0.3) is 0 Å². The number of halogens is 1. The molecule has 0 aliphatic carbocycles. The van der Waals surface area contributed by atoms with E-state index in [1.165, 1.54) is 12.1 Å². The Kier molecular flexibility index (Phi) is 4.47. The largest absolute Gasteiger partial charge is 0.291 e. The van der Waals surface area contributed by atoms with Gasteiger partial charge < -0.3 is 0 Å². The summed E-state index contributed by atoms with van der Waals surface area (Å²) in [5.41, 5.74) is 2.06. The van der Waals surface area contributed by atoms with Crippen LogP contribution < -0.4 is 4.72 Å². The summed E-state index contributed by atoms with van der Waals surface area (Å²) < 4.78 is 40.1.